The molecule has 3 heterocycles. The smallest absolute Gasteiger partial charge is 0.272 e. The van der Waals surface area contributed by atoms with Gasteiger partial charge in [-0.1, -0.05) is 30.3 Å². The van der Waals surface area contributed by atoms with Gasteiger partial charge >= 0.3 is 0 Å². The summed E-state index contributed by atoms with van der Waals surface area (Å²) in [7, 11) is 0. The molecule has 0 aliphatic carbocycles. The third-order valence-corrected chi connectivity index (χ3v) is 5.29. The number of piperidine rings is 2. The average molecular weight is 350 g/mol. The van der Waals surface area contributed by atoms with E-state index in [1.807, 2.05) is 41.3 Å². The summed E-state index contributed by atoms with van der Waals surface area (Å²) >= 11 is 0. The number of nitrogens with zero attached hydrogens (tertiary/aromatic N) is 4. The van der Waals surface area contributed by atoms with Crippen LogP contribution >= 0.6 is 0 Å². The Balaban J connectivity index is 1.70. The first-order valence-corrected chi connectivity index (χ1v) is 9.80. The Morgan fingerprint density at radius 3 is 2.15 bits per heavy atom. The topological polar surface area (TPSA) is 49.3 Å². The molecule has 1 aromatic carbocycles. The Hall–Kier alpha value is -2.43. The van der Waals surface area contributed by atoms with E-state index in [-0.39, 0.29) is 5.91 Å². The molecule has 2 aromatic rings. The minimum Gasteiger partial charge on any atom is -0.356 e. The minimum absolute atomic E-state index is 0.0440. The van der Waals surface area contributed by atoms with Gasteiger partial charge in [-0.25, -0.2) is 9.97 Å². The first kappa shape index (κ1) is 17.0. The molecular formula is C21H26N4O. The molecule has 2 aliphatic heterocycles. The highest BCUT2D eigenvalue weighted by atomic mass is 16.2. The van der Waals surface area contributed by atoms with Gasteiger partial charge in [0.1, 0.15) is 11.5 Å². The van der Waals surface area contributed by atoms with Crippen molar-refractivity contribution in [1.82, 2.24) is 14.9 Å². The van der Waals surface area contributed by atoms with Gasteiger partial charge in [0.2, 0.25) is 0 Å². The van der Waals surface area contributed by atoms with Gasteiger partial charge in [-0.15, -0.1) is 0 Å². The maximum absolute atomic E-state index is 13.0. The predicted molar refractivity (Wildman–Crippen MR) is 103 cm³/mol. The number of benzene rings is 1. The zero-order valence-corrected chi connectivity index (χ0v) is 15.2. The second-order valence-corrected chi connectivity index (χ2v) is 7.20. The van der Waals surface area contributed by atoms with Crippen molar-refractivity contribution in [3.05, 3.63) is 42.1 Å². The summed E-state index contributed by atoms with van der Waals surface area (Å²) in [6.45, 7) is 3.68. The number of likely N-dealkylation sites (tertiary alicyclic amines) is 1. The third-order valence-electron chi connectivity index (χ3n) is 5.29. The van der Waals surface area contributed by atoms with Gasteiger partial charge in [-0.05, 0) is 38.5 Å². The second kappa shape index (κ2) is 7.85. The van der Waals surface area contributed by atoms with Crippen molar-refractivity contribution < 1.29 is 4.79 Å². The van der Waals surface area contributed by atoms with Crippen molar-refractivity contribution in [3.8, 4) is 11.4 Å². The van der Waals surface area contributed by atoms with Gasteiger partial charge < -0.3 is 9.80 Å². The number of rotatable bonds is 3. The molecule has 0 unspecified atom stereocenters. The van der Waals surface area contributed by atoms with Gasteiger partial charge in [0.15, 0.2) is 5.82 Å². The molecule has 2 aliphatic rings. The Morgan fingerprint density at radius 1 is 0.808 bits per heavy atom. The number of hydrogen-bond donors (Lipinski definition) is 0. The number of anilines is 1. The normalized spacial score (nSPS) is 18.0. The molecule has 2 fully saturated rings. The third kappa shape index (κ3) is 3.71. The molecule has 2 saturated heterocycles. The second-order valence-electron chi connectivity index (χ2n) is 7.20. The Kier molecular flexibility index (Phi) is 5.14. The van der Waals surface area contributed by atoms with Gasteiger partial charge in [0.25, 0.3) is 5.91 Å². The molecule has 26 heavy (non-hydrogen) atoms. The quantitative estimate of drug-likeness (QED) is 0.846. The lowest BCUT2D eigenvalue weighted by Crippen LogP contribution is -2.36. The summed E-state index contributed by atoms with van der Waals surface area (Å²) in [5, 5.41) is 0. The molecule has 5 heteroatoms. The van der Waals surface area contributed by atoms with Crippen LogP contribution in [0.15, 0.2) is 36.4 Å². The maximum atomic E-state index is 13.0. The van der Waals surface area contributed by atoms with Crippen molar-refractivity contribution in [2.24, 2.45) is 0 Å². The molecule has 136 valence electrons. The molecule has 1 amide bonds. The van der Waals surface area contributed by atoms with Crippen molar-refractivity contribution in [2.45, 2.75) is 38.5 Å². The van der Waals surface area contributed by atoms with Gasteiger partial charge in [-0.3, -0.25) is 4.79 Å². The molecule has 0 saturated carbocycles. The molecule has 0 radical (unpaired) electrons. The molecule has 4 rings (SSSR count). The average Bonchev–Trinajstić information content (AvgIpc) is 2.75. The molecule has 0 bridgehead atoms. The lowest BCUT2D eigenvalue weighted by Gasteiger charge is -2.29. The fourth-order valence-electron chi connectivity index (χ4n) is 3.80. The van der Waals surface area contributed by atoms with E-state index in [1.165, 1.54) is 25.7 Å². The first-order valence-electron chi connectivity index (χ1n) is 9.80. The van der Waals surface area contributed by atoms with Crippen LogP contribution in [0.2, 0.25) is 0 Å². The van der Waals surface area contributed by atoms with Crippen LogP contribution in [0.25, 0.3) is 11.4 Å². The largest absolute Gasteiger partial charge is 0.356 e. The van der Waals surface area contributed by atoms with Crippen LogP contribution in [-0.2, 0) is 0 Å². The molecule has 0 atom stereocenters. The van der Waals surface area contributed by atoms with E-state index in [0.29, 0.717) is 11.5 Å². The van der Waals surface area contributed by atoms with Crippen LogP contribution in [0.3, 0.4) is 0 Å². The lowest BCUT2D eigenvalue weighted by molar-refractivity contribution is 0.0718. The fraction of sp³-hybridized carbons (Fsp3) is 0.476. The Labute approximate surface area is 155 Å². The van der Waals surface area contributed by atoms with E-state index in [9.17, 15) is 4.79 Å². The van der Waals surface area contributed by atoms with Gasteiger partial charge in [0.05, 0.1) is 0 Å². The van der Waals surface area contributed by atoms with Crippen LogP contribution in [0.4, 0.5) is 5.82 Å². The Bertz CT molecular complexity index is 750. The molecule has 1 aromatic heterocycles. The van der Waals surface area contributed by atoms with Crippen LogP contribution in [0.5, 0.6) is 0 Å². The Morgan fingerprint density at radius 2 is 1.46 bits per heavy atom. The number of carbonyl (C=O) groups is 1. The van der Waals surface area contributed by atoms with Crippen molar-refractivity contribution in [2.75, 3.05) is 31.1 Å². The molecule has 0 spiro atoms. The molecule has 0 N–H and O–H groups in total. The maximum Gasteiger partial charge on any atom is 0.272 e. The number of aromatic nitrogens is 2. The van der Waals surface area contributed by atoms with Crippen LogP contribution in [0.1, 0.15) is 49.0 Å². The van der Waals surface area contributed by atoms with E-state index in [0.717, 1.165) is 50.4 Å². The van der Waals surface area contributed by atoms with Crippen molar-refractivity contribution >= 4 is 11.7 Å². The SMILES string of the molecule is O=C(c1cc(N2CCCCC2)nc(-c2ccccc2)n1)N1CCCCC1. The minimum atomic E-state index is 0.0440. The highest BCUT2D eigenvalue weighted by molar-refractivity contribution is 5.93. The monoisotopic (exact) mass is 350 g/mol. The van der Waals surface area contributed by atoms with Crippen LogP contribution < -0.4 is 4.90 Å². The summed E-state index contributed by atoms with van der Waals surface area (Å²) in [6.07, 6.45) is 7.01. The molecule has 5 nitrogen and oxygen atoms in total. The predicted octanol–water partition coefficient (Wildman–Crippen LogP) is 3.76. The van der Waals surface area contributed by atoms with E-state index in [2.05, 4.69) is 9.88 Å². The van der Waals surface area contributed by atoms with Gasteiger partial charge in [-0.2, -0.15) is 0 Å². The number of hydrogen-bond acceptors (Lipinski definition) is 4. The van der Waals surface area contributed by atoms with E-state index in [4.69, 9.17) is 4.98 Å². The van der Waals surface area contributed by atoms with Crippen molar-refractivity contribution in [1.29, 1.82) is 0 Å². The van der Waals surface area contributed by atoms with Crippen LogP contribution in [0, 0.1) is 0 Å². The van der Waals surface area contributed by atoms with Crippen LogP contribution in [-0.4, -0.2) is 47.0 Å². The standard InChI is InChI=1S/C21H26N4O/c26-21(25-14-8-3-9-15-25)18-16-19(24-12-6-2-7-13-24)23-20(22-18)17-10-4-1-5-11-17/h1,4-5,10-11,16H,2-3,6-9,12-15H2. The van der Waals surface area contributed by atoms with E-state index in [1.54, 1.807) is 0 Å². The summed E-state index contributed by atoms with van der Waals surface area (Å²) in [4.78, 5) is 26.7. The highest BCUT2D eigenvalue weighted by Crippen LogP contribution is 2.24. The molecular weight excluding hydrogens is 324 g/mol. The summed E-state index contributed by atoms with van der Waals surface area (Å²) in [5.74, 6) is 1.58. The van der Waals surface area contributed by atoms with E-state index >= 15 is 0 Å². The van der Waals surface area contributed by atoms with Crippen molar-refractivity contribution in [3.63, 3.8) is 0 Å². The first-order chi connectivity index (χ1) is 12.8. The number of carbonyl (C=O) groups excluding carboxylic acids is 1. The zero-order valence-electron chi connectivity index (χ0n) is 15.2. The summed E-state index contributed by atoms with van der Waals surface area (Å²) < 4.78 is 0. The zero-order chi connectivity index (χ0) is 17.8. The van der Waals surface area contributed by atoms with E-state index < -0.39 is 0 Å². The fourth-order valence-corrected chi connectivity index (χ4v) is 3.80. The summed E-state index contributed by atoms with van der Waals surface area (Å²) in [6, 6.07) is 11.9. The highest BCUT2D eigenvalue weighted by Gasteiger charge is 2.23. The lowest BCUT2D eigenvalue weighted by atomic mass is 10.1. The van der Waals surface area contributed by atoms with Gasteiger partial charge in [0, 0.05) is 37.8 Å². The number of amides is 1. The summed E-state index contributed by atoms with van der Waals surface area (Å²) in [5.41, 5.74) is 1.49.